The summed E-state index contributed by atoms with van der Waals surface area (Å²) in [5, 5.41) is 9.38. The number of alkyl halides is 2. The Hall–Kier alpha value is -3.74. The van der Waals surface area contributed by atoms with Crippen LogP contribution >= 0.6 is 0 Å². The molecule has 34 heavy (non-hydrogen) atoms. The monoisotopic (exact) mass is 466 g/mol. The Kier molecular flexibility index (Phi) is 4.97. The Bertz CT molecular complexity index is 1350. The van der Waals surface area contributed by atoms with Gasteiger partial charge in [-0.2, -0.15) is 0 Å². The second-order valence-electron chi connectivity index (χ2n) is 9.00. The summed E-state index contributed by atoms with van der Waals surface area (Å²) >= 11 is 0. The molecule has 1 fully saturated rings. The molecule has 5 nitrogen and oxygen atoms in total. The van der Waals surface area contributed by atoms with Crippen LogP contribution in [0.3, 0.4) is 0 Å². The van der Waals surface area contributed by atoms with E-state index >= 15 is 0 Å². The van der Waals surface area contributed by atoms with E-state index < -0.39 is 17.7 Å². The predicted octanol–water partition coefficient (Wildman–Crippen LogP) is 6.08. The zero-order valence-electron chi connectivity index (χ0n) is 18.7. The number of aryl methyl sites for hydroxylation is 2. The van der Waals surface area contributed by atoms with E-state index in [4.69, 9.17) is 0 Å². The van der Waals surface area contributed by atoms with E-state index in [-0.39, 0.29) is 30.7 Å². The highest BCUT2D eigenvalue weighted by molar-refractivity contribution is 5.95. The molecule has 2 aliphatic rings. The summed E-state index contributed by atoms with van der Waals surface area (Å²) in [5.41, 5.74) is 4.53. The molecule has 1 saturated carbocycles. The lowest BCUT2D eigenvalue weighted by molar-refractivity contribution is -0.286. The second kappa shape index (κ2) is 7.65. The van der Waals surface area contributed by atoms with E-state index in [1.165, 1.54) is 12.1 Å². The maximum Gasteiger partial charge on any atom is 0.586 e. The first-order valence-electron chi connectivity index (χ1n) is 11.0. The Morgan fingerprint density at radius 1 is 0.912 bits per heavy atom. The van der Waals surface area contributed by atoms with Gasteiger partial charge in [0.25, 0.3) is 0 Å². The van der Waals surface area contributed by atoms with Gasteiger partial charge in [0.15, 0.2) is 11.5 Å². The normalized spacial score (nSPS) is 16.8. The number of carboxylic acid groups (broad SMARTS) is 1. The average molecular weight is 466 g/mol. The molecule has 0 unspecified atom stereocenters. The molecule has 5 rings (SSSR count). The number of rotatable bonds is 6. The number of Topliss-reactive ketones (excluding diaryl/α,β-unsaturated/α-hetero) is 1. The Labute approximate surface area is 196 Å². The highest BCUT2D eigenvalue weighted by atomic mass is 19.3. The Morgan fingerprint density at radius 3 is 2.24 bits per heavy atom. The lowest BCUT2D eigenvalue weighted by atomic mass is 9.86. The van der Waals surface area contributed by atoms with Crippen molar-refractivity contribution >= 4 is 11.8 Å². The van der Waals surface area contributed by atoms with Crippen molar-refractivity contribution in [1.82, 2.24) is 0 Å². The molecule has 0 saturated heterocycles. The molecule has 0 amide bonds. The highest BCUT2D eigenvalue weighted by Crippen LogP contribution is 2.52. The minimum Gasteiger partial charge on any atom is -0.478 e. The van der Waals surface area contributed by atoms with Crippen molar-refractivity contribution in [3.63, 3.8) is 0 Å². The minimum atomic E-state index is -3.70. The fourth-order valence-electron chi connectivity index (χ4n) is 4.57. The smallest absolute Gasteiger partial charge is 0.478 e. The lowest BCUT2D eigenvalue weighted by Crippen LogP contribution is -2.26. The number of carbonyl (C=O) groups is 2. The van der Waals surface area contributed by atoms with Crippen molar-refractivity contribution in [1.29, 1.82) is 0 Å². The molecule has 1 N–H and O–H groups in total. The minimum absolute atomic E-state index is 0. The van der Waals surface area contributed by atoms with Crippen LogP contribution in [0.1, 0.15) is 46.9 Å². The molecule has 0 bridgehead atoms. The molecule has 7 heteroatoms. The van der Waals surface area contributed by atoms with E-state index in [2.05, 4.69) is 9.47 Å². The quantitative estimate of drug-likeness (QED) is 0.477. The van der Waals surface area contributed by atoms with E-state index in [0.717, 1.165) is 27.8 Å². The molecule has 0 aromatic heterocycles. The van der Waals surface area contributed by atoms with Crippen molar-refractivity contribution in [3.05, 3.63) is 82.4 Å². The van der Waals surface area contributed by atoms with Crippen LogP contribution < -0.4 is 9.47 Å². The zero-order chi connectivity index (χ0) is 24.3. The number of halogens is 2. The zero-order valence-corrected chi connectivity index (χ0v) is 18.7. The summed E-state index contributed by atoms with van der Waals surface area (Å²) < 4.78 is 35.8. The predicted molar refractivity (Wildman–Crippen MR) is 123 cm³/mol. The topological polar surface area (TPSA) is 72.8 Å². The number of fused-ring (bicyclic) bond motifs is 1. The average Bonchev–Trinajstić information content (AvgIpc) is 3.52. The van der Waals surface area contributed by atoms with Gasteiger partial charge in [-0.1, -0.05) is 30.3 Å². The number of aromatic carboxylic acids is 1. The van der Waals surface area contributed by atoms with Gasteiger partial charge < -0.3 is 14.6 Å². The van der Waals surface area contributed by atoms with Gasteiger partial charge in [-0.3, -0.25) is 4.79 Å². The molecular formula is C27H24F2O5. The third-order valence-electron chi connectivity index (χ3n) is 6.68. The fourth-order valence-corrected chi connectivity index (χ4v) is 4.57. The van der Waals surface area contributed by atoms with Crippen LogP contribution in [-0.4, -0.2) is 23.2 Å². The van der Waals surface area contributed by atoms with Crippen LogP contribution in [0.2, 0.25) is 0 Å². The first-order valence-corrected chi connectivity index (χ1v) is 11.0. The largest absolute Gasteiger partial charge is 0.586 e. The van der Waals surface area contributed by atoms with Gasteiger partial charge in [0, 0.05) is 7.85 Å². The summed E-state index contributed by atoms with van der Waals surface area (Å²) in [6, 6.07) is 15.3. The molecular weight excluding hydrogens is 442 g/mol. The maximum absolute atomic E-state index is 13.4. The lowest BCUT2D eigenvalue weighted by Gasteiger charge is -2.17. The number of ether oxygens (including phenoxy) is 2. The van der Waals surface area contributed by atoms with E-state index in [9.17, 15) is 23.5 Å². The number of carboxylic acids is 1. The van der Waals surface area contributed by atoms with Gasteiger partial charge >= 0.3 is 12.3 Å². The van der Waals surface area contributed by atoms with Crippen molar-refractivity contribution in [2.24, 2.45) is 0 Å². The van der Waals surface area contributed by atoms with Crippen LogP contribution in [0, 0.1) is 13.8 Å². The Balaban J connectivity index is 0.00000289. The summed E-state index contributed by atoms with van der Waals surface area (Å²) in [6.45, 7) is 3.86. The summed E-state index contributed by atoms with van der Waals surface area (Å²) in [6.07, 6.45) is -2.24. The van der Waals surface area contributed by atoms with Crippen molar-refractivity contribution < 1.29 is 34.4 Å². The van der Waals surface area contributed by atoms with Gasteiger partial charge in [-0.05, 0) is 84.3 Å². The molecule has 1 aliphatic heterocycles. The van der Waals surface area contributed by atoms with Crippen LogP contribution in [0.5, 0.6) is 11.5 Å². The van der Waals surface area contributed by atoms with Crippen LogP contribution in [0.15, 0.2) is 54.6 Å². The van der Waals surface area contributed by atoms with Gasteiger partial charge in [0.05, 0.1) is 11.0 Å². The second-order valence-corrected chi connectivity index (χ2v) is 9.00. The summed E-state index contributed by atoms with van der Waals surface area (Å²) in [5.74, 6) is -1.10. The van der Waals surface area contributed by atoms with Crippen molar-refractivity contribution in [2.75, 3.05) is 0 Å². The molecule has 0 radical (unpaired) electrons. The van der Waals surface area contributed by atoms with Crippen LogP contribution in [0.4, 0.5) is 8.78 Å². The molecule has 3 aromatic carbocycles. The molecule has 3 aromatic rings. The third-order valence-corrected chi connectivity index (χ3v) is 6.68. The van der Waals surface area contributed by atoms with Crippen LogP contribution in [-0.2, 0) is 16.6 Å². The number of hydrogen-bond acceptors (Lipinski definition) is 4. The van der Waals surface area contributed by atoms with E-state index in [1.807, 2.05) is 32.0 Å². The SMILES string of the molecule is Cc1ccc(CC(=O)C2(c3ccc4c(c3)OC(F)(F)O4)CC2)cc1-c1cc(C(=O)O)ccc1C.[HH]. The van der Waals surface area contributed by atoms with Crippen LogP contribution in [0.25, 0.3) is 11.1 Å². The molecule has 0 spiro atoms. The van der Waals surface area contributed by atoms with Gasteiger partial charge in [-0.25, -0.2) is 4.79 Å². The van der Waals surface area contributed by atoms with Crippen molar-refractivity contribution in [2.45, 2.75) is 44.8 Å². The highest BCUT2D eigenvalue weighted by Gasteiger charge is 2.52. The summed E-state index contributed by atoms with van der Waals surface area (Å²) in [4.78, 5) is 24.8. The first-order chi connectivity index (χ1) is 16.1. The molecule has 0 atom stereocenters. The number of ketones is 1. The standard InChI is InChI=1S/C27H22F2O5.H2/c1-15-3-5-17(11-20(15)21-13-18(25(31)32)6-4-16(21)2)12-24(30)26(9-10-26)19-7-8-22-23(14-19)34-27(28,29)33-22;/h3-8,11,13-14H,9-10,12H2,1-2H3,(H,31,32);1H. The molecule has 1 heterocycles. The molecule has 176 valence electrons. The maximum atomic E-state index is 13.4. The van der Waals surface area contributed by atoms with Gasteiger partial charge in [-0.15, -0.1) is 8.78 Å². The van der Waals surface area contributed by atoms with Gasteiger partial charge in [0.2, 0.25) is 0 Å². The van der Waals surface area contributed by atoms with Gasteiger partial charge in [0.1, 0.15) is 5.78 Å². The Morgan fingerprint density at radius 2 is 1.56 bits per heavy atom. The number of benzene rings is 3. The third kappa shape index (κ3) is 3.81. The van der Waals surface area contributed by atoms with E-state index in [0.29, 0.717) is 18.4 Å². The fraction of sp³-hybridized carbons (Fsp3) is 0.259. The molecule has 1 aliphatic carbocycles. The summed E-state index contributed by atoms with van der Waals surface area (Å²) in [7, 11) is 0. The number of hydrogen-bond donors (Lipinski definition) is 1. The van der Waals surface area contributed by atoms with Crippen molar-refractivity contribution in [3.8, 4) is 22.6 Å². The van der Waals surface area contributed by atoms with E-state index in [1.54, 1.807) is 24.3 Å². The number of carbonyl (C=O) groups excluding carboxylic acids is 1. The first kappa shape index (κ1) is 22.1.